The Labute approximate surface area is 114 Å². The highest BCUT2D eigenvalue weighted by molar-refractivity contribution is 8.35. The summed E-state index contributed by atoms with van der Waals surface area (Å²) in [5.74, 6) is 6.31. The zero-order chi connectivity index (χ0) is 13.8. The van der Waals surface area contributed by atoms with E-state index in [-0.39, 0.29) is 0 Å². The van der Waals surface area contributed by atoms with Crippen molar-refractivity contribution >= 4 is 18.1 Å². The summed E-state index contributed by atoms with van der Waals surface area (Å²) in [6, 6.07) is 3.95. The van der Waals surface area contributed by atoms with Crippen molar-refractivity contribution in [1.29, 1.82) is 0 Å². The molecule has 3 heteroatoms. The van der Waals surface area contributed by atoms with Gasteiger partial charge in [0.15, 0.2) is 0 Å². The van der Waals surface area contributed by atoms with Gasteiger partial charge in [0.05, 0.1) is 0 Å². The van der Waals surface area contributed by atoms with Gasteiger partial charge in [0, 0.05) is 11.8 Å². The summed E-state index contributed by atoms with van der Waals surface area (Å²) >= 11 is 0. The van der Waals surface area contributed by atoms with Crippen LogP contribution in [-0.2, 0) is 0 Å². The van der Waals surface area contributed by atoms with E-state index < -0.39 is 18.1 Å². The second-order valence-corrected chi connectivity index (χ2v) is 14.6. The molecule has 0 aliphatic carbocycles. The number of aromatic nitrogens is 1. The molecule has 0 unspecified atom stereocenters. The Morgan fingerprint density at radius 1 is 1.06 bits per heavy atom. The Morgan fingerprint density at radius 3 is 2.17 bits per heavy atom. The quantitative estimate of drug-likeness (QED) is 0.523. The van der Waals surface area contributed by atoms with Gasteiger partial charge in [-0.25, -0.2) is 4.98 Å². The number of hydrogen-bond acceptors (Lipinski definition) is 1. The minimum absolute atomic E-state index is 0.786. The maximum absolute atomic E-state index is 4.34. The van der Waals surface area contributed by atoms with Crippen LogP contribution in [0.4, 0.5) is 0 Å². The van der Waals surface area contributed by atoms with Crippen LogP contribution in [0.15, 0.2) is 18.3 Å². The molecular formula is C15H21NSSi. The van der Waals surface area contributed by atoms with Gasteiger partial charge in [-0.1, -0.05) is 25.6 Å². The van der Waals surface area contributed by atoms with Crippen LogP contribution in [0.2, 0.25) is 19.6 Å². The van der Waals surface area contributed by atoms with Gasteiger partial charge in [-0.3, -0.25) is 0 Å². The maximum atomic E-state index is 4.34. The average molecular weight is 275 g/mol. The summed E-state index contributed by atoms with van der Waals surface area (Å²) in [4.78, 5) is 4.34. The minimum atomic E-state index is -1.31. The second-order valence-electron chi connectivity index (χ2n) is 6.00. The standard InChI is InChI=1S/C15H21NSSi/c1-17(2,3)11-9-15-8-7-14(13-16-15)10-12-18(4,5)6/h7-8,13H,1-6H3. The third-order valence-electron chi connectivity index (χ3n) is 1.83. The van der Waals surface area contributed by atoms with E-state index in [9.17, 15) is 0 Å². The highest BCUT2D eigenvalue weighted by atomic mass is 32.3. The summed E-state index contributed by atoms with van der Waals surface area (Å²) < 4.78 is 0. The van der Waals surface area contributed by atoms with Crippen molar-refractivity contribution < 1.29 is 0 Å². The monoisotopic (exact) mass is 275 g/mol. The predicted octanol–water partition coefficient (Wildman–Crippen LogP) is 3.31. The molecule has 1 nitrogen and oxygen atoms in total. The largest absolute Gasteiger partial charge is 0.246 e. The van der Waals surface area contributed by atoms with Crippen LogP contribution in [0.5, 0.6) is 0 Å². The lowest BCUT2D eigenvalue weighted by atomic mass is 10.2. The lowest BCUT2D eigenvalue weighted by molar-refractivity contribution is 1.27. The Bertz CT molecular complexity index is 474. The second kappa shape index (κ2) is 5.65. The molecular weight excluding hydrogens is 254 g/mol. The third-order valence-corrected chi connectivity index (χ3v) is 3.42. The minimum Gasteiger partial charge on any atom is -0.246 e. The molecule has 0 aromatic carbocycles. The van der Waals surface area contributed by atoms with Crippen LogP contribution in [0.25, 0.3) is 0 Å². The molecule has 0 saturated carbocycles. The van der Waals surface area contributed by atoms with E-state index in [1.54, 1.807) is 0 Å². The Balaban J connectivity index is 2.86. The highest BCUT2D eigenvalue weighted by Crippen LogP contribution is 2.32. The molecule has 0 bridgehead atoms. The lowest BCUT2D eigenvalue weighted by Gasteiger charge is -2.14. The summed E-state index contributed by atoms with van der Waals surface area (Å²) in [6.45, 7) is 6.71. The first-order chi connectivity index (χ1) is 8.16. The molecule has 96 valence electrons. The van der Waals surface area contributed by atoms with Crippen molar-refractivity contribution in [1.82, 2.24) is 4.98 Å². The lowest BCUT2D eigenvalue weighted by Crippen LogP contribution is -2.16. The number of rotatable bonds is 0. The van der Waals surface area contributed by atoms with Gasteiger partial charge >= 0.3 is 0 Å². The van der Waals surface area contributed by atoms with Gasteiger partial charge in [0.25, 0.3) is 0 Å². The van der Waals surface area contributed by atoms with Crippen molar-refractivity contribution in [2.24, 2.45) is 0 Å². The fourth-order valence-electron chi connectivity index (χ4n) is 1.01. The van der Waals surface area contributed by atoms with Crippen LogP contribution >= 0.6 is 10.0 Å². The number of nitrogens with zero attached hydrogens (tertiary/aromatic N) is 1. The Hall–Kier alpha value is -1.16. The van der Waals surface area contributed by atoms with E-state index in [0.29, 0.717) is 0 Å². The molecule has 1 aromatic heterocycles. The van der Waals surface area contributed by atoms with Gasteiger partial charge < -0.3 is 0 Å². The van der Waals surface area contributed by atoms with Crippen molar-refractivity contribution in [2.45, 2.75) is 19.6 Å². The summed E-state index contributed by atoms with van der Waals surface area (Å²) in [7, 11) is -2.09. The average Bonchev–Trinajstić information content (AvgIpc) is 2.23. The smallest absolute Gasteiger partial charge is 0.129 e. The summed E-state index contributed by atoms with van der Waals surface area (Å²) in [5.41, 5.74) is 5.14. The van der Waals surface area contributed by atoms with Crippen LogP contribution in [0.1, 0.15) is 11.3 Å². The van der Waals surface area contributed by atoms with Crippen molar-refractivity contribution in [2.75, 3.05) is 18.8 Å². The van der Waals surface area contributed by atoms with E-state index in [4.69, 9.17) is 0 Å². The molecule has 0 spiro atoms. The molecule has 0 fully saturated rings. The molecule has 1 aromatic rings. The van der Waals surface area contributed by atoms with E-state index >= 15 is 0 Å². The number of hydrogen-bond donors (Lipinski definition) is 0. The molecule has 1 rings (SSSR count). The third kappa shape index (κ3) is 6.54. The van der Waals surface area contributed by atoms with Crippen LogP contribution in [0, 0.1) is 22.6 Å². The summed E-state index contributed by atoms with van der Waals surface area (Å²) in [5, 5.41) is 3.26. The van der Waals surface area contributed by atoms with Gasteiger partial charge in [0.2, 0.25) is 0 Å². The predicted molar refractivity (Wildman–Crippen MR) is 86.7 cm³/mol. The molecule has 0 aliphatic heterocycles. The van der Waals surface area contributed by atoms with Gasteiger partial charge in [-0.05, 0) is 42.1 Å². The molecule has 0 atom stereocenters. The molecule has 0 amide bonds. The highest BCUT2D eigenvalue weighted by Gasteiger charge is 2.07. The molecule has 1 heterocycles. The van der Waals surface area contributed by atoms with E-state index in [1.807, 2.05) is 18.3 Å². The SMILES string of the molecule is C[Si](C)(C)C#Cc1ccc(C#CS(C)(C)C)nc1. The molecule has 18 heavy (non-hydrogen) atoms. The normalized spacial score (nSPS) is 11.9. The fraction of sp³-hybridized carbons (Fsp3) is 0.400. The summed E-state index contributed by atoms with van der Waals surface area (Å²) in [6.07, 6.45) is 8.34. The van der Waals surface area contributed by atoms with Gasteiger partial charge in [-0.15, -0.1) is 5.54 Å². The first-order valence-corrected chi connectivity index (χ1v) is 12.2. The fourth-order valence-corrected chi connectivity index (χ4v) is 1.94. The zero-order valence-corrected chi connectivity index (χ0v) is 13.9. The Kier molecular flexibility index (Phi) is 4.68. The first kappa shape index (κ1) is 14.9. The van der Waals surface area contributed by atoms with Crippen LogP contribution < -0.4 is 0 Å². The van der Waals surface area contributed by atoms with Crippen LogP contribution in [-0.4, -0.2) is 31.8 Å². The first-order valence-electron chi connectivity index (χ1n) is 5.86. The van der Waals surface area contributed by atoms with Crippen molar-refractivity contribution in [3.05, 3.63) is 29.6 Å². The topological polar surface area (TPSA) is 12.9 Å². The van der Waals surface area contributed by atoms with E-state index in [0.717, 1.165) is 11.3 Å². The van der Waals surface area contributed by atoms with Gasteiger partial charge in [-0.2, -0.15) is 10.0 Å². The zero-order valence-electron chi connectivity index (χ0n) is 12.1. The Morgan fingerprint density at radius 2 is 1.72 bits per heavy atom. The van der Waals surface area contributed by atoms with Crippen molar-refractivity contribution in [3.8, 4) is 22.6 Å². The van der Waals surface area contributed by atoms with Crippen molar-refractivity contribution in [3.63, 3.8) is 0 Å². The van der Waals surface area contributed by atoms with Crippen LogP contribution in [0.3, 0.4) is 0 Å². The van der Waals surface area contributed by atoms with E-state index in [1.165, 1.54) is 0 Å². The van der Waals surface area contributed by atoms with Gasteiger partial charge in [0.1, 0.15) is 13.8 Å². The molecule has 0 radical (unpaired) electrons. The van der Waals surface area contributed by atoms with E-state index in [2.05, 4.69) is 66.0 Å². The number of pyridine rings is 1. The molecule has 0 aliphatic rings. The molecule has 0 saturated heterocycles. The molecule has 0 N–H and O–H groups in total. The maximum Gasteiger partial charge on any atom is 0.129 e.